The molecule has 4 nitrogen and oxygen atoms in total. The van der Waals surface area contributed by atoms with Crippen LogP contribution >= 0.6 is 11.3 Å². The number of carbonyl (C=O) groups excluding carboxylic acids is 2. The van der Waals surface area contributed by atoms with Gasteiger partial charge in [0, 0.05) is 11.3 Å². The molecular weight excluding hydrogens is 356 g/mol. The van der Waals surface area contributed by atoms with Crippen molar-refractivity contribution < 1.29 is 9.59 Å². The van der Waals surface area contributed by atoms with E-state index < -0.39 is 0 Å². The minimum Gasteiger partial charge on any atom is -0.273 e. The normalized spacial score (nSPS) is 36.3. The SMILES string of the molecule is C[C@H]1CCc2sc(C(=O)NNC(=O)CC34CC5CC(CC(C5)C3)C4)cc2C1. The van der Waals surface area contributed by atoms with Crippen LogP contribution in [0.4, 0.5) is 0 Å². The first-order valence-corrected chi connectivity index (χ1v) is 11.5. The third kappa shape index (κ3) is 3.43. The van der Waals surface area contributed by atoms with Crippen LogP contribution in [0.2, 0.25) is 0 Å². The lowest BCUT2D eigenvalue weighted by Crippen LogP contribution is -2.50. The van der Waals surface area contributed by atoms with E-state index in [-0.39, 0.29) is 17.2 Å². The summed E-state index contributed by atoms with van der Waals surface area (Å²) in [4.78, 5) is 27.1. The zero-order valence-corrected chi connectivity index (χ0v) is 17.0. The lowest BCUT2D eigenvalue weighted by molar-refractivity contribution is -0.130. The Morgan fingerprint density at radius 3 is 2.44 bits per heavy atom. The fourth-order valence-electron chi connectivity index (χ4n) is 6.90. The molecule has 4 fully saturated rings. The van der Waals surface area contributed by atoms with Crippen molar-refractivity contribution in [1.29, 1.82) is 0 Å². The Morgan fingerprint density at radius 2 is 1.78 bits per heavy atom. The molecule has 0 aliphatic heterocycles. The molecule has 6 rings (SSSR count). The quantitative estimate of drug-likeness (QED) is 0.764. The molecule has 2 N–H and O–H groups in total. The minimum atomic E-state index is -0.166. The highest BCUT2D eigenvalue weighted by atomic mass is 32.1. The van der Waals surface area contributed by atoms with Gasteiger partial charge in [0.05, 0.1) is 4.88 Å². The first-order chi connectivity index (χ1) is 13.0. The Balaban J connectivity index is 1.17. The average molecular weight is 387 g/mol. The van der Waals surface area contributed by atoms with Crippen molar-refractivity contribution in [3.8, 4) is 0 Å². The highest BCUT2D eigenvalue weighted by molar-refractivity contribution is 7.14. The first kappa shape index (κ1) is 17.7. The summed E-state index contributed by atoms with van der Waals surface area (Å²) >= 11 is 1.59. The van der Waals surface area contributed by atoms with Gasteiger partial charge in [-0.2, -0.15) is 0 Å². The lowest BCUT2D eigenvalue weighted by atomic mass is 9.49. The zero-order chi connectivity index (χ0) is 18.6. The fraction of sp³-hybridized carbons (Fsp3) is 0.727. The average Bonchev–Trinajstić information content (AvgIpc) is 3.01. The van der Waals surface area contributed by atoms with Crippen molar-refractivity contribution >= 4 is 23.2 Å². The third-order valence-corrected chi connectivity index (χ3v) is 8.80. The van der Waals surface area contributed by atoms with Crippen LogP contribution in [0, 0.1) is 29.1 Å². The highest BCUT2D eigenvalue weighted by Crippen LogP contribution is 2.61. The molecule has 5 aliphatic rings. The molecule has 27 heavy (non-hydrogen) atoms. The van der Waals surface area contributed by atoms with Gasteiger partial charge in [-0.25, -0.2) is 0 Å². The second-order valence-corrected chi connectivity index (χ2v) is 11.1. The maximum atomic E-state index is 12.6. The van der Waals surface area contributed by atoms with Gasteiger partial charge < -0.3 is 0 Å². The molecule has 5 aliphatic carbocycles. The van der Waals surface area contributed by atoms with Crippen LogP contribution in [0.5, 0.6) is 0 Å². The minimum absolute atomic E-state index is 0.0137. The molecule has 0 saturated heterocycles. The molecule has 5 heteroatoms. The van der Waals surface area contributed by atoms with Crippen LogP contribution in [-0.4, -0.2) is 11.8 Å². The summed E-state index contributed by atoms with van der Waals surface area (Å²) in [5, 5.41) is 0. The summed E-state index contributed by atoms with van der Waals surface area (Å²) in [5.74, 6) is 3.06. The molecule has 2 amide bonds. The molecule has 146 valence electrons. The zero-order valence-electron chi connectivity index (χ0n) is 16.2. The Morgan fingerprint density at radius 1 is 1.11 bits per heavy atom. The van der Waals surface area contributed by atoms with E-state index in [4.69, 9.17) is 0 Å². The van der Waals surface area contributed by atoms with Crippen molar-refractivity contribution in [1.82, 2.24) is 10.9 Å². The van der Waals surface area contributed by atoms with Crippen molar-refractivity contribution in [3.63, 3.8) is 0 Å². The summed E-state index contributed by atoms with van der Waals surface area (Å²) in [5.41, 5.74) is 6.92. The molecule has 1 heterocycles. The molecule has 1 atom stereocenters. The van der Waals surface area contributed by atoms with Crippen LogP contribution in [0.1, 0.15) is 78.4 Å². The molecule has 1 aromatic rings. The predicted octanol–water partition coefficient (Wildman–Crippen LogP) is 4.24. The number of hydrazine groups is 1. The Bertz CT molecular complexity index is 733. The molecule has 0 radical (unpaired) electrons. The molecule has 1 aromatic heterocycles. The van der Waals surface area contributed by atoms with Gasteiger partial charge in [0.1, 0.15) is 0 Å². The van der Waals surface area contributed by atoms with Crippen LogP contribution in [-0.2, 0) is 17.6 Å². The van der Waals surface area contributed by atoms with Gasteiger partial charge in [0.15, 0.2) is 0 Å². The second kappa shape index (κ2) is 6.61. The highest BCUT2D eigenvalue weighted by Gasteiger charge is 2.51. The van der Waals surface area contributed by atoms with E-state index in [0.717, 1.165) is 35.5 Å². The van der Waals surface area contributed by atoms with E-state index in [0.29, 0.717) is 12.3 Å². The van der Waals surface area contributed by atoms with Crippen molar-refractivity contribution in [3.05, 3.63) is 21.4 Å². The molecular formula is C22H30N2O2S. The number of thiophene rings is 1. The largest absolute Gasteiger partial charge is 0.279 e. The van der Waals surface area contributed by atoms with Gasteiger partial charge in [-0.05, 0) is 98.5 Å². The van der Waals surface area contributed by atoms with Crippen LogP contribution in [0.3, 0.4) is 0 Å². The number of hydrogen-bond donors (Lipinski definition) is 2. The van der Waals surface area contributed by atoms with E-state index in [2.05, 4.69) is 17.8 Å². The maximum Gasteiger partial charge on any atom is 0.279 e. The van der Waals surface area contributed by atoms with Gasteiger partial charge in [-0.1, -0.05) is 6.92 Å². The van der Waals surface area contributed by atoms with E-state index >= 15 is 0 Å². The predicted molar refractivity (Wildman–Crippen MR) is 106 cm³/mol. The number of carbonyl (C=O) groups is 2. The van der Waals surface area contributed by atoms with Gasteiger partial charge in [0.25, 0.3) is 5.91 Å². The fourth-order valence-corrected chi connectivity index (χ4v) is 8.00. The molecule has 0 unspecified atom stereocenters. The number of amides is 2. The standard InChI is InChI=1S/C22H30N2O2S/c1-13-2-3-18-17(4-13)8-19(27-18)21(26)24-23-20(25)12-22-9-14-5-15(10-22)7-16(6-14)11-22/h8,13-16H,2-7,9-12H2,1H3,(H,23,25)(H,24,26)/t13-,14?,15?,16?,22?/m0/s1. The second-order valence-electron chi connectivity index (χ2n) is 10.0. The topological polar surface area (TPSA) is 58.2 Å². The Kier molecular flexibility index (Phi) is 4.34. The smallest absolute Gasteiger partial charge is 0.273 e. The van der Waals surface area contributed by atoms with Crippen molar-refractivity contribution in [2.45, 2.75) is 71.1 Å². The van der Waals surface area contributed by atoms with Crippen molar-refractivity contribution in [2.24, 2.45) is 29.1 Å². The van der Waals surface area contributed by atoms with Crippen LogP contribution < -0.4 is 10.9 Å². The molecule has 4 saturated carbocycles. The van der Waals surface area contributed by atoms with E-state index in [1.54, 1.807) is 11.3 Å². The van der Waals surface area contributed by atoms with E-state index in [1.165, 1.54) is 55.4 Å². The summed E-state index contributed by atoms with van der Waals surface area (Å²) in [6.45, 7) is 2.27. The van der Waals surface area contributed by atoms with Gasteiger partial charge in [0.2, 0.25) is 5.91 Å². The maximum absolute atomic E-state index is 12.6. The number of rotatable bonds is 3. The number of aryl methyl sites for hydroxylation is 1. The first-order valence-electron chi connectivity index (χ1n) is 10.7. The van der Waals surface area contributed by atoms with Crippen LogP contribution in [0.15, 0.2) is 6.07 Å². The monoisotopic (exact) mass is 386 g/mol. The summed E-state index contributed by atoms with van der Waals surface area (Å²) < 4.78 is 0. The van der Waals surface area contributed by atoms with Gasteiger partial charge in [-0.3, -0.25) is 20.4 Å². The van der Waals surface area contributed by atoms with Gasteiger partial charge in [-0.15, -0.1) is 11.3 Å². The van der Waals surface area contributed by atoms with E-state index in [9.17, 15) is 9.59 Å². The van der Waals surface area contributed by atoms with Gasteiger partial charge >= 0.3 is 0 Å². The van der Waals surface area contributed by atoms with Crippen LogP contribution in [0.25, 0.3) is 0 Å². The summed E-state index contributed by atoms with van der Waals surface area (Å²) in [7, 11) is 0. The lowest BCUT2D eigenvalue weighted by Gasteiger charge is -2.56. The summed E-state index contributed by atoms with van der Waals surface area (Å²) in [6, 6.07) is 2.02. The number of fused-ring (bicyclic) bond motifs is 1. The van der Waals surface area contributed by atoms with E-state index in [1.807, 2.05) is 6.07 Å². The molecule has 0 aromatic carbocycles. The Hall–Kier alpha value is -1.36. The molecule has 0 spiro atoms. The number of nitrogens with one attached hydrogen (secondary N) is 2. The third-order valence-electron chi connectivity index (χ3n) is 7.57. The Labute approximate surface area is 165 Å². The summed E-state index contributed by atoms with van der Waals surface area (Å²) in [6.07, 6.45) is 11.7. The number of hydrogen-bond acceptors (Lipinski definition) is 3. The molecule has 4 bridgehead atoms. The van der Waals surface area contributed by atoms with Crippen molar-refractivity contribution in [2.75, 3.05) is 0 Å².